The van der Waals surface area contributed by atoms with E-state index in [9.17, 15) is 9.59 Å². The highest BCUT2D eigenvalue weighted by atomic mass is 32.1. The summed E-state index contributed by atoms with van der Waals surface area (Å²) in [5, 5.41) is 15.5. The van der Waals surface area contributed by atoms with Crippen molar-refractivity contribution in [1.82, 2.24) is 10.4 Å². The Morgan fingerprint density at radius 1 is 0.824 bits per heavy atom. The van der Waals surface area contributed by atoms with Crippen molar-refractivity contribution in [1.29, 1.82) is 0 Å². The van der Waals surface area contributed by atoms with Crippen LogP contribution in [0.4, 0.5) is 10.8 Å². The van der Waals surface area contributed by atoms with Crippen LogP contribution in [0, 0.1) is 0 Å². The summed E-state index contributed by atoms with van der Waals surface area (Å²) in [7, 11) is 0. The number of carbonyl (C=O) groups is 2. The fraction of sp³-hybridized carbons (Fsp3) is 0. The summed E-state index contributed by atoms with van der Waals surface area (Å²) in [5.74, 6) is -0.537. The summed E-state index contributed by atoms with van der Waals surface area (Å²) in [6.07, 6.45) is 3.80. The highest BCUT2D eigenvalue weighted by molar-refractivity contribution is 7.22. The fourth-order valence-corrected chi connectivity index (χ4v) is 4.52. The largest absolute Gasteiger partial charge is 0.296 e. The molecule has 3 aromatic carbocycles. The van der Waals surface area contributed by atoms with E-state index in [1.807, 2.05) is 66.7 Å². The molecule has 0 saturated heterocycles. The second-order valence-corrected chi connectivity index (χ2v) is 8.46. The van der Waals surface area contributed by atoms with Crippen LogP contribution in [0.2, 0.25) is 0 Å². The highest BCUT2D eigenvalue weighted by Gasteiger charge is 2.30. The number of carbonyl (C=O) groups excluding carboxylic acids is 2. The van der Waals surface area contributed by atoms with Gasteiger partial charge in [0.2, 0.25) is 5.13 Å². The van der Waals surface area contributed by atoms with E-state index in [-0.39, 0.29) is 11.1 Å². The molecular formula is C24H15N7O2S. The summed E-state index contributed by atoms with van der Waals surface area (Å²) in [5.41, 5.74) is 6.12. The van der Waals surface area contributed by atoms with Crippen LogP contribution in [0.1, 0.15) is 26.3 Å². The Hall–Kier alpha value is -4.70. The number of hydrogen-bond acceptors (Lipinski definition) is 8. The predicted molar refractivity (Wildman–Crippen MR) is 131 cm³/mol. The standard InChI is InChI=1S/C24H15N7O2S/c32-22-17-12-11-16(14-18(17)23(33)27-26-22)30-28-21(13-10-15-6-2-1-3-7-15)29-31(30)24-25-19-8-4-5-9-20(19)34-24/h1-14H,(H,28,29). The molecule has 4 aromatic rings. The zero-order valence-electron chi connectivity index (χ0n) is 17.5. The lowest BCUT2D eigenvalue weighted by molar-refractivity contribution is 0.0921. The van der Waals surface area contributed by atoms with Crippen molar-refractivity contribution in [2.24, 2.45) is 15.3 Å². The van der Waals surface area contributed by atoms with Crippen LogP contribution in [-0.2, 0) is 0 Å². The number of rotatable bonds is 4. The van der Waals surface area contributed by atoms with Crippen LogP contribution >= 0.6 is 11.3 Å². The van der Waals surface area contributed by atoms with E-state index in [0.29, 0.717) is 16.7 Å². The fourth-order valence-electron chi connectivity index (χ4n) is 3.61. The number of aromatic nitrogens is 1. The maximum Gasteiger partial charge on any atom is 0.296 e. The number of hydrazone groups is 1. The Balaban J connectivity index is 1.41. The minimum atomic E-state index is -0.566. The molecular weight excluding hydrogens is 450 g/mol. The zero-order chi connectivity index (χ0) is 23.1. The normalized spacial score (nSPS) is 15.2. The van der Waals surface area contributed by atoms with E-state index in [0.717, 1.165) is 15.8 Å². The molecule has 0 aliphatic carbocycles. The first-order valence-electron chi connectivity index (χ1n) is 10.3. The lowest BCUT2D eigenvalue weighted by Gasteiger charge is -2.25. The van der Waals surface area contributed by atoms with Crippen molar-refractivity contribution < 1.29 is 9.59 Å². The number of hydrazine groups is 2. The van der Waals surface area contributed by atoms with Crippen molar-refractivity contribution >= 4 is 56.1 Å². The number of nitrogens with zero attached hydrogens (tertiary/aromatic N) is 6. The molecule has 2 aliphatic heterocycles. The van der Waals surface area contributed by atoms with Gasteiger partial charge in [-0.1, -0.05) is 59.9 Å². The van der Waals surface area contributed by atoms with Gasteiger partial charge in [0.15, 0.2) is 5.84 Å². The molecule has 1 aromatic heterocycles. The van der Waals surface area contributed by atoms with E-state index in [1.54, 1.807) is 28.4 Å². The topological polar surface area (TPSA) is 103 Å². The Bertz CT molecular complexity index is 1510. The second-order valence-electron chi connectivity index (χ2n) is 7.45. The van der Waals surface area contributed by atoms with Gasteiger partial charge in [-0.3, -0.25) is 15.0 Å². The Morgan fingerprint density at radius 2 is 1.59 bits per heavy atom. The Morgan fingerprint density at radius 3 is 2.41 bits per heavy atom. The number of anilines is 2. The third-order valence-corrected chi connectivity index (χ3v) is 6.25. The van der Waals surface area contributed by atoms with E-state index < -0.39 is 11.8 Å². The molecule has 1 N–H and O–H groups in total. The molecule has 6 rings (SSSR count). The van der Waals surface area contributed by atoms with Crippen molar-refractivity contribution in [3.63, 3.8) is 0 Å². The molecule has 2 aliphatic rings. The van der Waals surface area contributed by atoms with Gasteiger partial charge < -0.3 is 0 Å². The maximum atomic E-state index is 12.3. The Kier molecular flexibility index (Phi) is 4.70. The van der Waals surface area contributed by atoms with Gasteiger partial charge in [-0.15, -0.1) is 25.6 Å². The lowest BCUT2D eigenvalue weighted by atomic mass is 10.0. The van der Waals surface area contributed by atoms with Gasteiger partial charge in [-0.2, -0.15) is 0 Å². The molecule has 0 fully saturated rings. The van der Waals surface area contributed by atoms with Gasteiger partial charge in [0.25, 0.3) is 11.8 Å². The highest BCUT2D eigenvalue weighted by Crippen LogP contribution is 2.33. The van der Waals surface area contributed by atoms with Gasteiger partial charge in [0, 0.05) is 0 Å². The molecule has 3 heterocycles. The molecule has 0 spiro atoms. The van der Waals surface area contributed by atoms with Gasteiger partial charge in [-0.05, 0) is 42.0 Å². The number of benzene rings is 3. The Labute approximate surface area is 197 Å². The molecule has 0 bridgehead atoms. The van der Waals surface area contributed by atoms with Crippen LogP contribution in [-0.4, -0.2) is 22.6 Å². The number of hydrogen-bond donors (Lipinski definition) is 1. The number of azo groups is 1. The van der Waals surface area contributed by atoms with Crippen molar-refractivity contribution in [3.05, 3.63) is 95.6 Å². The molecule has 9 nitrogen and oxygen atoms in total. The van der Waals surface area contributed by atoms with Crippen LogP contribution in [0.3, 0.4) is 0 Å². The lowest BCUT2D eigenvalue weighted by Crippen LogP contribution is -2.44. The summed E-state index contributed by atoms with van der Waals surface area (Å²) >= 11 is 1.50. The average Bonchev–Trinajstić information content (AvgIpc) is 3.50. The number of nitrogens with one attached hydrogen (secondary N) is 1. The first-order chi connectivity index (χ1) is 16.7. The number of thiazole rings is 1. The quantitative estimate of drug-likeness (QED) is 0.464. The van der Waals surface area contributed by atoms with Crippen LogP contribution in [0.15, 0.2) is 94.2 Å². The third kappa shape index (κ3) is 3.51. The van der Waals surface area contributed by atoms with E-state index in [4.69, 9.17) is 4.98 Å². The van der Waals surface area contributed by atoms with Crippen LogP contribution in [0.5, 0.6) is 0 Å². The maximum absolute atomic E-state index is 12.3. The number of amidine groups is 1. The summed E-state index contributed by atoms with van der Waals surface area (Å²) in [6.45, 7) is 0. The van der Waals surface area contributed by atoms with E-state index in [1.165, 1.54) is 11.3 Å². The minimum absolute atomic E-state index is 0.185. The van der Waals surface area contributed by atoms with Gasteiger partial charge in [0.1, 0.15) is 0 Å². The first kappa shape index (κ1) is 19.9. The second kappa shape index (κ2) is 8.01. The zero-order valence-corrected chi connectivity index (χ0v) is 18.3. The number of fused-ring (bicyclic) bond motifs is 2. The SMILES string of the molecule is O=C1N=NC(=O)c2cc(N3N=C(C=Cc4ccccc4)NN3c3nc4ccccc4s3)ccc21. The molecule has 2 amide bonds. The van der Waals surface area contributed by atoms with Crippen molar-refractivity contribution in [3.8, 4) is 0 Å². The van der Waals surface area contributed by atoms with Gasteiger partial charge >= 0.3 is 0 Å². The number of amides is 2. The van der Waals surface area contributed by atoms with Crippen LogP contribution < -0.4 is 15.7 Å². The van der Waals surface area contributed by atoms with Crippen molar-refractivity contribution in [2.75, 3.05) is 10.2 Å². The molecule has 10 heteroatoms. The molecule has 0 saturated carbocycles. The summed E-state index contributed by atoms with van der Waals surface area (Å²) < 4.78 is 1.03. The minimum Gasteiger partial charge on any atom is -0.265 e. The third-order valence-electron chi connectivity index (χ3n) is 5.24. The molecule has 0 radical (unpaired) electrons. The average molecular weight is 465 g/mol. The van der Waals surface area contributed by atoms with Crippen molar-refractivity contribution in [2.45, 2.75) is 0 Å². The first-order valence-corrected chi connectivity index (χ1v) is 11.2. The van der Waals surface area contributed by atoms with Gasteiger partial charge in [0.05, 0.1) is 27.0 Å². The number of para-hydroxylation sites is 1. The molecule has 34 heavy (non-hydrogen) atoms. The van der Waals surface area contributed by atoms with E-state index >= 15 is 0 Å². The predicted octanol–water partition coefficient (Wildman–Crippen LogP) is 4.82. The molecule has 0 atom stereocenters. The van der Waals surface area contributed by atoms with E-state index in [2.05, 4.69) is 20.8 Å². The smallest absolute Gasteiger partial charge is 0.265 e. The van der Waals surface area contributed by atoms with Gasteiger partial charge in [-0.25, -0.2) is 4.98 Å². The summed E-state index contributed by atoms with van der Waals surface area (Å²) in [4.78, 5) is 29.0. The van der Waals surface area contributed by atoms with Crippen LogP contribution in [0.25, 0.3) is 16.3 Å². The summed E-state index contributed by atoms with van der Waals surface area (Å²) in [6, 6.07) is 22.6. The molecule has 0 unspecified atom stereocenters. The molecule has 164 valence electrons. The monoisotopic (exact) mass is 465 g/mol.